The zero-order chi connectivity index (χ0) is 17.2. The Bertz CT molecular complexity index is 577. The van der Waals surface area contributed by atoms with Gasteiger partial charge in [-0.05, 0) is 57.5 Å². The van der Waals surface area contributed by atoms with Crippen LogP contribution in [0, 0.1) is 6.92 Å². The Balaban J connectivity index is 2.02. The molecule has 1 aliphatic heterocycles. The Labute approximate surface area is 142 Å². The SMILES string of the molecule is Cc1ccsc1C(=O)N1CCCC(N(C)C(=O)OC(C)(C)C)C1. The molecule has 0 spiro atoms. The van der Waals surface area contributed by atoms with Crippen molar-refractivity contribution >= 4 is 23.3 Å². The molecule has 1 aromatic rings. The minimum atomic E-state index is -0.510. The van der Waals surface area contributed by atoms with Gasteiger partial charge in [-0.2, -0.15) is 0 Å². The summed E-state index contributed by atoms with van der Waals surface area (Å²) in [6.45, 7) is 8.83. The molecule has 1 unspecified atom stereocenters. The van der Waals surface area contributed by atoms with Gasteiger partial charge in [-0.25, -0.2) is 4.79 Å². The average Bonchev–Trinajstić information content (AvgIpc) is 2.90. The van der Waals surface area contributed by atoms with Gasteiger partial charge < -0.3 is 14.5 Å². The van der Waals surface area contributed by atoms with Crippen molar-refractivity contribution in [2.45, 2.75) is 52.2 Å². The first-order valence-electron chi connectivity index (χ1n) is 7.98. The lowest BCUT2D eigenvalue weighted by Gasteiger charge is -2.38. The van der Waals surface area contributed by atoms with E-state index in [1.807, 2.05) is 44.0 Å². The molecule has 0 aromatic carbocycles. The Hall–Kier alpha value is -1.56. The number of hydrogen-bond acceptors (Lipinski definition) is 4. The highest BCUT2D eigenvalue weighted by molar-refractivity contribution is 7.12. The van der Waals surface area contributed by atoms with Crippen LogP contribution in [-0.2, 0) is 4.74 Å². The van der Waals surface area contributed by atoms with E-state index in [1.165, 1.54) is 11.3 Å². The van der Waals surface area contributed by atoms with Crippen LogP contribution in [0.2, 0.25) is 0 Å². The van der Waals surface area contributed by atoms with Crippen molar-refractivity contribution in [3.05, 3.63) is 21.9 Å². The van der Waals surface area contributed by atoms with Gasteiger partial charge >= 0.3 is 6.09 Å². The molecule has 0 radical (unpaired) electrons. The van der Waals surface area contributed by atoms with Crippen molar-refractivity contribution < 1.29 is 14.3 Å². The van der Waals surface area contributed by atoms with Crippen LogP contribution in [0.3, 0.4) is 0 Å². The lowest BCUT2D eigenvalue weighted by Crippen LogP contribution is -2.51. The van der Waals surface area contributed by atoms with Gasteiger partial charge in [-0.15, -0.1) is 11.3 Å². The van der Waals surface area contributed by atoms with Gasteiger partial charge in [0.15, 0.2) is 0 Å². The molecule has 0 N–H and O–H groups in total. The van der Waals surface area contributed by atoms with E-state index in [1.54, 1.807) is 11.9 Å². The van der Waals surface area contributed by atoms with E-state index in [-0.39, 0.29) is 18.0 Å². The first kappa shape index (κ1) is 17.8. The van der Waals surface area contributed by atoms with E-state index < -0.39 is 5.60 Å². The maximum Gasteiger partial charge on any atom is 0.410 e. The molecule has 5 nitrogen and oxygen atoms in total. The van der Waals surface area contributed by atoms with Crippen LogP contribution in [0.1, 0.15) is 48.8 Å². The molecule has 128 valence electrons. The Morgan fingerprint density at radius 2 is 2.09 bits per heavy atom. The van der Waals surface area contributed by atoms with Crippen molar-refractivity contribution in [3.63, 3.8) is 0 Å². The number of likely N-dealkylation sites (N-methyl/N-ethyl adjacent to an activating group) is 1. The fraction of sp³-hybridized carbons (Fsp3) is 0.647. The summed E-state index contributed by atoms with van der Waals surface area (Å²) in [5.74, 6) is 0.0692. The van der Waals surface area contributed by atoms with Gasteiger partial charge in [0.2, 0.25) is 0 Å². The van der Waals surface area contributed by atoms with Gasteiger partial charge in [0.05, 0.1) is 10.9 Å². The Morgan fingerprint density at radius 3 is 2.65 bits per heavy atom. The average molecular weight is 338 g/mol. The second-order valence-corrected chi connectivity index (χ2v) is 7.99. The molecular formula is C17H26N2O3S. The molecule has 2 heterocycles. The monoisotopic (exact) mass is 338 g/mol. The van der Waals surface area contributed by atoms with Crippen LogP contribution in [0.15, 0.2) is 11.4 Å². The van der Waals surface area contributed by atoms with E-state index in [0.29, 0.717) is 6.54 Å². The maximum absolute atomic E-state index is 12.7. The lowest BCUT2D eigenvalue weighted by molar-refractivity contribution is 0.0132. The highest BCUT2D eigenvalue weighted by atomic mass is 32.1. The summed E-state index contributed by atoms with van der Waals surface area (Å²) in [6.07, 6.45) is 1.46. The molecule has 2 amide bonds. The quantitative estimate of drug-likeness (QED) is 0.829. The third kappa shape index (κ3) is 4.47. The predicted molar refractivity (Wildman–Crippen MR) is 92.0 cm³/mol. The summed E-state index contributed by atoms with van der Waals surface area (Å²) in [6, 6.07) is 1.97. The molecule has 0 aliphatic carbocycles. The van der Waals surface area contributed by atoms with Gasteiger partial charge in [0, 0.05) is 20.1 Å². The van der Waals surface area contributed by atoms with Crippen molar-refractivity contribution in [1.29, 1.82) is 0 Å². The van der Waals surface area contributed by atoms with E-state index in [2.05, 4.69) is 0 Å². The summed E-state index contributed by atoms with van der Waals surface area (Å²) >= 11 is 1.48. The largest absolute Gasteiger partial charge is 0.444 e. The first-order valence-corrected chi connectivity index (χ1v) is 8.86. The molecule has 1 saturated heterocycles. The summed E-state index contributed by atoms with van der Waals surface area (Å²) in [5.41, 5.74) is 0.506. The third-order valence-corrected chi connectivity index (χ3v) is 4.97. The summed E-state index contributed by atoms with van der Waals surface area (Å²) in [5, 5.41) is 1.94. The smallest absolute Gasteiger partial charge is 0.410 e. The molecule has 6 heteroatoms. The molecular weight excluding hydrogens is 312 g/mol. The fourth-order valence-electron chi connectivity index (χ4n) is 2.67. The number of nitrogens with zero attached hydrogens (tertiary/aromatic N) is 2. The van der Waals surface area contributed by atoms with Crippen LogP contribution in [0.5, 0.6) is 0 Å². The van der Waals surface area contributed by atoms with Crippen LogP contribution >= 0.6 is 11.3 Å². The number of piperidine rings is 1. The second-order valence-electron chi connectivity index (χ2n) is 7.07. The Morgan fingerprint density at radius 1 is 1.39 bits per heavy atom. The first-order chi connectivity index (χ1) is 10.7. The molecule has 0 saturated carbocycles. The number of ether oxygens (including phenoxy) is 1. The number of thiophene rings is 1. The highest BCUT2D eigenvalue weighted by Crippen LogP contribution is 2.23. The Kier molecular flexibility index (Phi) is 5.34. The topological polar surface area (TPSA) is 49.9 Å². The number of amides is 2. The van der Waals surface area contributed by atoms with E-state index in [0.717, 1.165) is 29.8 Å². The number of rotatable bonds is 2. The fourth-order valence-corrected chi connectivity index (χ4v) is 3.57. The number of aryl methyl sites for hydroxylation is 1. The standard InChI is InChI=1S/C17H26N2O3S/c1-12-8-10-23-14(12)15(20)19-9-6-7-13(11-19)18(5)16(21)22-17(2,3)4/h8,10,13H,6-7,9,11H2,1-5H3. The molecule has 1 atom stereocenters. The van der Waals surface area contributed by atoms with Gasteiger partial charge in [-0.3, -0.25) is 4.79 Å². The predicted octanol–water partition coefficient (Wildman–Crippen LogP) is 3.53. The van der Waals surface area contributed by atoms with E-state index in [9.17, 15) is 9.59 Å². The lowest BCUT2D eigenvalue weighted by atomic mass is 10.0. The van der Waals surface area contributed by atoms with E-state index in [4.69, 9.17) is 4.74 Å². The molecule has 2 rings (SSSR count). The van der Waals surface area contributed by atoms with Crippen molar-refractivity contribution in [3.8, 4) is 0 Å². The number of hydrogen-bond donors (Lipinski definition) is 0. The number of carbonyl (C=O) groups excluding carboxylic acids is 2. The molecule has 1 fully saturated rings. The minimum Gasteiger partial charge on any atom is -0.444 e. The highest BCUT2D eigenvalue weighted by Gasteiger charge is 2.31. The number of carbonyl (C=O) groups is 2. The zero-order valence-corrected chi connectivity index (χ0v) is 15.4. The molecule has 1 aliphatic rings. The summed E-state index contributed by atoms with van der Waals surface area (Å²) in [4.78, 5) is 29.2. The third-order valence-electron chi connectivity index (χ3n) is 3.97. The van der Waals surface area contributed by atoms with Gasteiger partial charge in [0.1, 0.15) is 5.60 Å². The van der Waals surface area contributed by atoms with Crippen LogP contribution < -0.4 is 0 Å². The molecule has 1 aromatic heterocycles. The van der Waals surface area contributed by atoms with Crippen molar-refractivity contribution in [1.82, 2.24) is 9.80 Å². The van der Waals surface area contributed by atoms with E-state index >= 15 is 0 Å². The van der Waals surface area contributed by atoms with Gasteiger partial charge in [0.25, 0.3) is 5.91 Å². The second kappa shape index (κ2) is 6.91. The summed E-state index contributed by atoms with van der Waals surface area (Å²) < 4.78 is 5.43. The maximum atomic E-state index is 12.7. The van der Waals surface area contributed by atoms with Crippen molar-refractivity contribution in [2.75, 3.05) is 20.1 Å². The van der Waals surface area contributed by atoms with Crippen LogP contribution in [-0.4, -0.2) is 53.6 Å². The molecule has 0 bridgehead atoms. The summed E-state index contributed by atoms with van der Waals surface area (Å²) in [7, 11) is 1.75. The zero-order valence-electron chi connectivity index (χ0n) is 14.6. The van der Waals surface area contributed by atoms with Crippen LogP contribution in [0.4, 0.5) is 4.79 Å². The van der Waals surface area contributed by atoms with Crippen LogP contribution in [0.25, 0.3) is 0 Å². The molecule has 23 heavy (non-hydrogen) atoms. The number of likely N-dealkylation sites (tertiary alicyclic amines) is 1. The van der Waals surface area contributed by atoms with Crippen molar-refractivity contribution in [2.24, 2.45) is 0 Å². The normalized spacial score (nSPS) is 18.7. The minimum absolute atomic E-state index is 0.00261. The van der Waals surface area contributed by atoms with Gasteiger partial charge in [-0.1, -0.05) is 0 Å².